The molecule has 0 saturated heterocycles. The van der Waals surface area contributed by atoms with Crippen LogP contribution in [0.2, 0.25) is 0 Å². The van der Waals surface area contributed by atoms with Gasteiger partial charge in [0.25, 0.3) is 0 Å². The van der Waals surface area contributed by atoms with Crippen LogP contribution in [0, 0.1) is 0 Å². The predicted octanol–water partition coefficient (Wildman–Crippen LogP) is 17.3. The Morgan fingerprint density at radius 3 is 1.18 bits per heavy atom. The fraction of sp³-hybridized carbons (Fsp3) is 0.0154. The Morgan fingerprint density at radius 1 is 0.242 bits per heavy atom. The number of hydrogen-bond donors (Lipinski definition) is 0. The van der Waals surface area contributed by atoms with Crippen LogP contribution >= 0.6 is 0 Å². The van der Waals surface area contributed by atoms with Crippen molar-refractivity contribution in [3.63, 3.8) is 0 Å². The number of anilines is 3. The molecule has 1 nitrogen and oxygen atoms in total. The molecular formula is C65H45N. The molecule has 0 heterocycles. The first kappa shape index (κ1) is 39.1. The molecule has 1 aliphatic carbocycles. The highest BCUT2D eigenvalue weighted by atomic mass is 15.1. The van der Waals surface area contributed by atoms with Crippen LogP contribution in [0.15, 0.2) is 273 Å². The van der Waals surface area contributed by atoms with Crippen LogP contribution in [-0.4, -0.2) is 0 Å². The summed E-state index contributed by atoms with van der Waals surface area (Å²) in [6, 6.07) is 100. The number of fused-ring (bicyclic) bond motifs is 4. The van der Waals surface area contributed by atoms with Crippen molar-refractivity contribution in [2.24, 2.45) is 0 Å². The van der Waals surface area contributed by atoms with Gasteiger partial charge in [0.1, 0.15) is 0 Å². The molecule has 1 aliphatic rings. The van der Waals surface area contributed by atoms with Crippen molar-refractivity contribution in [3.05, 3.63) is 295 Å². The summed E-state index contributed by atoms with van der Waals surface area (Å²) >= 11 is 0. The highest BCUT2D eigenvalue weighted by Gasteiger charge is 2.46. The van der Waals surface area contributed by atoms with E-state index >= 15 is 0 Å². The molecule has 66 heavy (non-hydrogen) atoms. The van der Waals surface area contributed by atoms with Gasteiger partial charge in [0, 0.05) is 16.9 Å². The third-order valence-corrected chi connectivity index (χ3v) is 13.6. The first-order chi connectivity index (χ1) is 32.7. The SMILES string of the molecule is c1ccc(-c2ccc(-c3ccc(N(c4ccc(-c5ccccc5)cc4)c4cc5c(cc4-c4ccc6ccccc6c4)-c4ccccc4C5(c4ccccc4)c4ccccc4)cc3)cc2)cc1. The Labute approximate surface area is 387 Å². The summed E-state index contributed by atoms with van der Waals surface area (Å²) in [7, 11) is 0. The second-order valence-electron chi connectivity index (χ2n) is 17.2. The standard InChI is InChI=1S/C65H45N/c1-5-17-46(18-6-1)49-29-31-50(32-30-49)52-37-41-58(42-38-52)66(57-39-35-51(36-40-57)47-19-7-2-8-20-47)64-45-63-61(44-60(64)54-34-33-48-21-13-14-22-53(48)43-54)59-27-15-16-28-62(59)65(63,55-23-9-3-10-24-55)56-25-11-4-12-26-56/h1-45H. The lowest BCUT2D eigenvalue weighted by Gasteiger charge is -2.35. The Balaban J connectivity index is 1.11. The molecular weight excluding hydrogens is 795 g/mol. The molecule has 0 atom stereocenters. The van der Waals surface area contributed by atoms with E-state index in [1.807, 2.05) is 0 Å². The van der Waals surface area contributed by atoms with Gasteiger partial charge < -0.3 is 4.90 Å². The van der Waals surface area contributed by atoms with Crippen LogP contribution in [0.1, 0.15) is 22.3 Å². The second kappa shape index (κ2) is 16.6. The number of nitrogens with zero attached hydrogens (tertiary/aromatic N) is 1. The Hall–Kier alpha value is -8.52. The molecule has 11 aromatic rings. The third kappa shape index (κ3) is 6.73. The fourth-order valence-electron chi connectivity index (χ4n) is 10.4. The molecule has 0 fully saturated rings. The zero-order valence-corrected chi connectivity index (χ0v) is 36.4. The minimum Gasteiger partial charge on any atom is -0.310 e. The normalized spacial score (nSPS) is 12.4. The monoisotopic (exact) mass is 839 g/mol. The Bertz CT molecular complexity index is 3430. The minimum atomic E-state index is -0.566. The largest absolute Gasteiger partial charge is 0.310 e. The molecule has 310 valence electrons. The van der Waals surface area contributed by atoms with E-state index in [2.05, 4.69) is 278 Å². The molecule has 0 N–H and O–H groups in total. The van der Waals surface area contributed by atoms with Crippen molar-refractivity contribution in [1.82, 2.24) is 0 Å². The average molecular weight is 840 g/mol. The molecule has 12 rings (SSSR count). The van der Waals surface area contributed by atoms with E-state index in [1.165, 1.54) is 88.7 Å². The van der Waals surface area contributed by atoms with Gasteiger partial charge in [0.15, 0.2) is 0 Å². The van der Waals surface area contributed by atoms with Crippen LogP contribution in [0.4, 0.5) is 17.1 Å². The fourth-order valence-corrected chi connectivity index (χ4v) is 10.4. The van der Waals surface area contributed by atoms with Gasteiger partial charge in [-0.1, -0.05) is 231 Å². The zero-order valence-electron chi connectivity index (χ0n) is 36.4. The van der Waals surface area contributed by atoms with Crippen molar-refractivity contribution in [3.8, 4) is 55.6 Å². The zero-order chi connectivity index (χ0) is 43.9. The van der Waals surface area contributed by atoms with Crippen LogP contribution in [0.5, 0.6) is 0 Å². The molecule has 0 amide bonds. The predicted molar refractivity (Wildman–Crippen MR) is 278 cm³/mol. The van der Waals surface area contributed by atoms with E-state index in [1.54, 1.807) is 0 Å². The third-order valence-electron chi connectivity index (χ3n) is 13.6. The quantitative estimate of drug-likeness (QED) is 0.140. The van der Waals surface area contributed by atoms with Gasteiger partial charge in [-0.2, -0.15) is 0 Å². The Kier molecular flexibility index (Phi) is 9.81. The van der Waals surface area contributed by atoms with Crippen molar-refractivity contribution in [2.45, 2.75) is 5.41 Å². The topological polar surface area (TPSA) is 3.24 Å². The van der Waals surface area contributed by atoms with E-state index in [0.717, 1.165) is 17.1 Å². The lowest BCUT2D eigenvalue weighted by Crippen LogP contribution is -2.28. The smallest absolute Gasteiger partial charge is 0.0714 e. The van der Waals surface area contributed by atoms with Gasteiger partial charge in [0.05, 0.1) is 11.1 Å². The average Bonchev–Trinajstić information content (AvgIpc) is 3.70. The number of rotatable bonds is 9. The van der Waals surface area contributed by atoms with Crippen LogP contribution in [0.25, 0.3) is 66.4 Å². The highest BCUT2D eigenvalue weighted by molar-refractivity contribution is 5.99. The van der Waals surface area contributed by atoms with Gasteiger partial charge in [-0.15, -0.1) is 0 Å². The summed E-state index contributed by atoms with van der Waals surface area (Å²) in [5, 5.41) is 2.44. The maximum Gasteiger partial charge on any atom is 0.0714 e. The highest BCUT2D eigenvalue weighted by Crippen LogP contribution is 2.59. The molecule has 0 saturated carbocycles. The molecule has 0 unspecified atom stereocenters. The molecule has 0 aliphatic heterocycles. The molecule has 0 aromatic heterocycles. The summed E-state index contributed by atoms with van der Waals surface area (Å²) in [4.78, 5) is 2.48. The van der Waals surface area contributed by atoms with Crippen LogP contribution in [0.3, 0.4) is 0 Å². The van der Waals surface area contributed by atoms with E-state index < -0.39 is 5.41 Å². The van der Waals surface area contributed by atoms with Gasteiger partial charge >= 0.3 is 0 Å². The maximum absolute atomic E-state index is 2.52. The van der Waals surface area contributed by atoms with E-state index in [-0.39, 0.29) is 0 Å². The molecule has 1 heteroatoms. The summed E-state index contributed by atoms with van der Waals surface area (Å²) in [6.07, 6.45) is 0. The van der Waals surface area contributed by atoms with Crippen molar-refractivity contribution >= 4 is 27.8 Å². The second-order valence-corrected chi connectivity index (χ2v) is 17.2. The van der Waals surface area contributed by atoms with E-state index in [9.17, 15) is 0 Å². The van der Waals surface area contributed by atoms with Crippen LogP contribution < -0.4 is 4.90 Å². The summed E-state index contributed by atoms with van der Waals surface area (Å²) in [5.74, 6) is 0. The molecule has 0 spiro atoms. The first-order valence-electron chi connectivity index (χ1n) is 22.8. The number of hydrogen-bond acceptors (Lipinski definition) is 1. The van der Waals surface area contributed by atoms with Crippen molar-refractivity contribution < 1.29 is 0 Å². The molecule has 0 bridgehead atoms. The van der Waals surface area contributed by atoms with Crippen molar-refractivity contribution in [2.75, 3.05) is 4.90 Å². The summed E-state index contributed by atoms with van der Waals surface area (Å²) in [5.41, 5.74) is 19.8. The minimum absolute atomic E-state index is 0.566. The van der Waals surface area contributed by atoms with Gasteiger partial charge in [0.2, 0.25) is 0 Å². The molecule has 11 aromatic carbocycles. The lowest BCUT2D eigenvalue weighted by atomic mass is 9.67. The maximum atomic E-state index is 2.52. The summed E-state index contributed by atoms with van der Waals surface area (Å²) in [6.45, 7) is 0. The van der Waals surface area contributed by atoms with Gasteiger partial charge in [-0.05, 0) is 126 Å². The summed E-state index contributed by atoms with van der Waals surface area (Å²) < 4.78 is 0. The molecule has 0 radical (unpaired) electrons. The first-order valence-corrected chi connectivity index (χ1v) is 22.8. The van der Waals surface area contributed by atoms with Gasteiger partial charge in [-0.25, -0.2) is 0 Å². The van der Waals surface area contributed by atoms with E-state index in [4.69, 9.17) is 0 Å². The van der Waals surface area contributed by atoms with Crippen LogP contribution in [-0.2, 0) is 5.41 Å². The van der Waals surface area contributed by atoms with Crippen molar-refractivity contribution in [1.29, 1.82) is 0 Å². The Morgan fingerprint density at radius 2 is 0.652 bits per heavy atom. The van der Waals surface area contributed by atoms with Gasteiger partial charge in [-0.3, -0.25) is 0 Å². The van der Waals surface area contributed by atoms with E-state index in [0.29, 0.717) is 0 Å². The number of benzene rings is 11. The lowest BCUT2D eigenvalue weighted by molar-refractivity contribution is 0.768.